The molecule has 0 radical (unpaired) electrons. The fourth-order valence-electron chi connectivity index (χ4n) is 2.15. The molecule has 6 nitrogen and oxygen atoms in total. The van der Waals surface area contributed by atoms with Gasteiger partial charge in [0, 0.05) is 13.3 Å². The molecule has 118 valence electrons. The van der Waals surface area contributed by atoms with Crippen molar-refractivity contribution in [2.24, 2.45) is 0 Å². The van der Waals surface area contributed by atoms with Gasteiger partial charge in [0.1, 0.15) is 5.75 Å². The first-order valence-electron chi connectivity index (χ1n) is 7.25. The van der Waals surface area contributed by atoms with E-state index in [9.17, 15) is 9.59 Å². The Kier molecular flexibility index (Phi) is 4.20. The van der Waals surface area contributed by atoms with Crippen LogP contribution in [-0.4, -0.2) is 20.6 Å². The quantitative estimate of drug-likeness (QED) is 0.537. The van der Waals surface area contributed by atoms with Crippen molar-refractivity contribution in [1.82, 2.24) is 14.6 Å². The topological polar surface area (TPSA) is 73.6 Å². The van der Waals surface area contributed by atoms with Gasteiger partial charge in [0.15, 0.2) is 5.82 Å². The molecule has 0 spiro atoms. The molecular formula is C16H15N3O3S. The number of hydrogen-bond donors (Lipinski definition) is 0. The number of aryl methyl sites for hydroxylation is 1. The summed E-state index contributed by atoms with van der Waals surface area (Å²) in [6.07, 6.45) is 3.49. The maximum absolute atomic E-state index is 12.3. The summed E-state index contributed by atoms with van der Waals surface area (Å²) >= 11 is 1.32. The van der Waals surface area contributed by atoms with E-state index in [-0.39, 0.29) is 11.5 Å². The molecule has 0 unspecified atom stereocenters. The van der Waals surface area contributed by atoms with Crippen molar-refractivity contribution in [3.8, 4) is 5.75 Å². The molecule has 0 saturated heterocycles. The first kappa shape index (κ1) is 15.4. The second-order valence-corrected chi connectivity index (χ2v) is 6.06. The van der Waals surface area contributed by atoms with E-state index >= 15 is 0 Å². The molecule has 0 aliphatic rings. The molecule has 3 aromatic rings. The lowest BCUT2D eigenvalue weighted by molar-refractivity contribution is -0.131. The SMILES string of the molecule is CCCc1nc2s/c(=C\c3ccc(OC(C)=O)cc3)c(=O)n2n1. The second-order valence-electron chi connectivity index (χ2n) is 5.05. The van der Waals surface area contributed by atoms with Crippen molar-refractivity contribution < 1.29 is 9.53 Å². The Morgan fingerprint density at radius 2 is 2.09 bits per heavy atom. The van der Waals surface area contributed by atoms with E-state index in [4.69, 9.17) is 4.74 Å². The smallest absolute Gasteiger partial charge is 0.308 e. The van der Waals surface area contributed by atoms with Crippen LogP contribution in [0.15, 0.2) is 29.1 Å². The third-order valence-corrected chi connectivity index (χ3v) is 4.10. The van der Waals surface area contributed by atoms with Crippen molar-refractivity contribution in [2.75, 3.05) is 0 Å². The molecule has 0 bridgehead atoms. The molecule has 0 fully saturated rings. The number of carbonyl (C=O) groups is 1. The van der Waals surface area contributed by atoms with Crippen molar-refractivity contribution >= 4 is 28.3 Å². The summed E-state index contributed by atoms with van der Waals surface area (Å²) in [6, 6.07) is 6.95. The second kappa shape index (κ2) is 6.29. The molecule has 0 amide bonds. The highest BCUT2D eigenvalue weighted by molar-refractivity contribution is 7.15. The maximum Gasteiger partial charge on any atom is 0.308 e. The van der Waals surface area contributed by atoms with Gasteiger partial charge in [0.2, 0.25) is 4.96 Å². The van der Waals surface area contributed by atoms with Crippen molar-refractivity contribution in [1.29, 1.82) is 0 Å². The first-order valence-corrected chi connectivity index (χ1v) is 8.07. The highest BCUT2D eigenvalue weighted by atomic mass is 32.1. The van der Waals surface area contributed by atoms with E-state index in [1.165, 1.54) is 22.8 Å². The Bertz CT molecular complexity index is 957. The van der Waals surface area contributed by atoms with Gasteiger partial charge >= 0.3 is 5.97 Å². The van der Waals surface area contributed by atoms with Gasteiger partial charge in [0.25, 0.3) is 5.56 Å². The zero-order chi connectivity index (χ0) is 16.4. The summed E-state index contributed by atoms with van der Waals surface area (Å²) in [4.78, 5) is 28.2. The minimum Gasteiger partial charge on any atom is -0.427 e. The summed E-state index contributed by atoms with van der Waals surface area (Å²) in [7, 11) is 0. The zero-order valence-corrected chi connectivity index (χ0v) is 13.6. The van der Waals surface area contributed by atoms with E-state index in [2.05, 4.69) is 10.1 Å². The van der Waals surface area contributed by atoms with Gasteiger partial charge in [-0.3, -0.25) is 9.59 Å². The molecule has 2 aromatic heterocycles. The molecule has 2 heterocycles. The van der Waals surface area contributed by atoms with Crippen molar-refractivity contribution in [3.05, 3.63) is 50.5 Å². The summed E-state index contributed by atoms with van der Waals surface area (Å²) in [5.74, 6) is 0.814. The Balaban J connectivity index is 1.94. The fourth-order valence-corrected chi connectivity index (χ4v) is 3.08. The van der Waals surface area contributed by atoms with Gasteiger partial charge in [-0.05, 0) is 30.2 Å². The summed E-state index contributed by atoms with van der Waals surface area (Å²) in [5.41, 5.74) is 0.681. The van der Waals surface area contributed by atoms with Crippen LogP contribution < -0.4 is 14.8 Å². The summed E-state index contributed by atoms with van der Waals surface area (Å²) in [6.45, 7) is 3.40. The monoisotopic (exact) mass is 329 g/mol. The number of ether oxygens (including phenoxy) is 1. The molecule has 0 aliphatic heterocycles. The highest BCUT2D eigenvalue weighted by Gasteiger charge is 2.09. The van der Waals surface area contributed by atoms with Crippen LogP contribution >= 0.6 is 11.3 Å². The molecule has 0 saturated carbocycles. The van der Waals surface area contributed by atoms with Gasteiger partial charge in [0.05, 0.1) is 4.53 Å². The molecule has 7 heteroatoms. The van der Waals surface area contributed by atoms with Crippen LogP contribution in [0.3, 0.4) is 0 Å². The Hall–Kier alpha value is -2.54. The molecule has 1 aromatic carbocycles. The van der Waals surface area contributed by atoms with Gasteiger partial charge in [-0.1, -0.05) is 30.4 Å². The van der Waals surface area contributed by atoms with Crippen molar-refractivity contribution in [2.45, 2.75) is 26.7 Å². The minimum atomic E-state index is -0.364. The molecule has 0 N–H and O–H groups in total. The van der Waals surface area contributed by atoms with E-state index in [1.54, 1.807) is 30.3 Å². The number of carbonyl (C=O) groups excluding carboxylic acids is 1. The lowest BCUT2D eigenvalue weighted by Crippen LogP contribution is -2.23. The number of nitrogens with zero attached hydrogens (tertiary/aromatic N) is 3. The lowest BCUT2D eigenvalue weighted by atomic mass is 10.2. The van der Waals surface area contributed by atoms with Crippen LogP contribution in [-0.2, 0) is 11.2 Å². The van der Waals surface area contributed by atoms with E-state index in [0.717, 1.165) is 18.4 Å². The van der Waals surface area contributed by atoms with Crippen LogP contribution in [0.4, 0.5) is 0 Å². The van der Waals surface area contributed by atoms with E-state index < -0.39 is 0 Å². The first-order chi connectivity index (χ1) is 11.1. The van der Waals surface area contributed by atoms with Gasteiger partial charge in [-0.2, -0.15) is 4.52 Å². The largest absolute Gasteiger partial charge is 0.427 e. The van der Waals surface area contributed by atoms with Gasteiger partial charge in [-0.15, -0.1) is 5.10 Å². The molecule has 3 rings (SSSR count). The Morgan fingerprint density at radius 1 is 1.35 bits per heavy atom. The number of benzene rings is 1. The zero-order valence-electron chi connectivity index (χ0n) is 12.8. The minimum absolute atomic E-state index is 0.163. The normalized spacial score (nSPS) is 12.0. The highest BCUT2D eigenvalue weighted by Crippen LogP contribution is 2.13. The van der Waals surface area contributed by atoms with Crippen LogP contribution in [0.5, 0.6) is 5.75 Å². The summed E-state index contributed by atoms with van der Waals surface area (Å²) < 4.78 is 6.91. The van der Waals surface area contributed by atoms with Gasteiger partial charge in [-0.25, -0.2) is 4.98 Å². The number of fused-ring (bicyclic) bond motifs is 1. The number of esters is 1. The summed E-state index contributed by atoms with van der Waals surface area (Å²) in [5, 5.41) is 4.24. The lowest BCUT2D eigenvalue weighted by Gasteiger charge is -2.00. The molecular weight excluding hydrogens is 314 g/mol. The third kappa shape index (κ3) is 3.29. The standard InChI is InChI=1S/C16H15N3O3S/c1-3-4-14-17-16-19(18-14)15(21)13(23-16)9-11-5-7-12(8-6-11)22-10(2)20/h5-9H,3-4H2,1-2H3/b13-9-. The van der Waals surface area contributed by atoms with Crippen LogP contribution in [0, 0.1) is 0 Å². The number of hydrogen-bond acceptors (Lipinski definition) is 6. The molecule has 0 atom stereocenters. The predicted octanol–water partition coefficient (Wildman–Crippen LogP) is 1.58. The molecule has 0 aliphatic carbocycles. The maximum atomic E-state index is 12.3. The number of thiazole rings is 1. The Labute approximate surface area is 136 Å². The fraction of sp³-hybridized carbons (Fsp3) is 0.250. The Morgan fingerprint density at radius 3 is 2.70 bits per heavy atom. The van der Waals surface area contributed by atoms with Crippen LogP contribution in [0.2, 0.25) is 0 Å². The van der Waals surface area contributed by atoms with Crippen LogP contribution in [0.1, 0.15) is 31.7 Å². The van der Waals surface area contributed by atoms with Gasteiger partial charge < -0.3 is 4.74 Å². The average Bonchev–Trinajstić information content (AvgIpc) is 3.01. The van der Waals surface area contributed by atoms with Crippen molar-refractivity contribution in [3.63, 3.8) is 0 Å². The third-order valence-electron chi connectivity index (χ3n) is 3.14. The van der Waals surface area contributed by atoms with Crippen LogP contribution in [0.25, 0.3) is 11.0 Å². The van der Waals surface area contributed by atoms with E-state index in [0.29, 0.717) is 21.1 Å². The predicted molar refractivity (Wildman–Crippen MR) is 87.7 cm³/mol. The van der Waals surface area contributed by atoms with E-state index in [1.807, 2.05) is 6.92 Å². The number of aromatic nitrogens is 3. The average molecular weight is 329 g/mol. The molecule has 23 heavy (non-hydrogen) atoms. The number of rotatable bonds is 4.